The first-order valence-electron chi connectivity index (χ1n) is 8.91. The van der Waals surface area contributed by atoms with Crippen molar-refractivity contribution in [3.8, 4) is 28.6 Å². The average molecular weight is 363 g/mol. The van der Waals surface area contributed by atoms with Crippen LogP contribution in [0.15, 0.2) is 47.2 Å². The van der Waals surface area contributed by atoms with Crippen molar-refractivity contribution in [2.24, 2.45) is 0 Å². The molecule has 0 unspecified atom stereocenters. The molecule has 0 N–H and O–H groups in total. The molecule has 27 heavy (non-hydrogen) atoms. The number of pyridine rings is 1. The molecule has 7 heteroatoms. The molecule has 2 aliphatic rings. The minimum atomic E-state index is -0.428. The lowest BCUT2D eigenvalue weighted by molar-refractivity contribution is -0.0504. The lowest BCUT2D eigenvalue weighted by atomic mass is 9.84. The van der Waals surface area contributed by atoms with E-state index in [9.17, 15) is 4.79 Å². The van der Waals surface area contributed by atoms with E-state index < -0.39 is 5.60 Å². The summed E-state index contributed by atoms with van der Waals surface area (Å²) in [5.41, 5.74) is 1.65. The quantitative estimate of drug-likeness (QED) is 0.690. The molecule has 3 aromatic rings. The van der Waals surface area contributed by atoms with E-state index >= 15 is 0 Å². The molecule has 7 nitrogen and oxygen atoms in total. The van der Waals surface area contributed by atoms with Crippen molar-refractivity contribution >= 4 is 5.78 Å². The molecule has 0 amide bonds. The van der Waals surface area contributed by atoms with Crippen molar-refractivity contribution in [3.63, 3.8) is 0 Å². The second-order valence-corrected chi connectivity index (χ2v) is 6.87. The molecule has 2 aliphatic heterocycles. The van der Waals surface area contributed by atoms with Crippen molar-refractivity contribution in [2.75, 3.05) is 13.2 Å². The van der Waals surface area contributed by atoms with Gasteiger partial charge in [0.15, 0.2) is 5.78 Å². The van der Waals surface area contributed by atoms with Gasteiger partial charge in [-0.1, -0.05) is 5.16 Å². The Morgan fingerprint density at radius 3 is 2.63 bits per heavy atom. The number of ketones is 1. The first kappa shape index (κ1) is 16.1. The van der Waals surface area contributed by atoms with Gasteiger partial charge < -0.3 is 14.0 Å². The first-order valence-corrected chi connectivity index (χ1v) is 8.91. The lowest BCUT2D eigenvalue weighted by Gasteiger charge is -2.40. The highest BCUT2D eigenvalue weighted by atomic mass is 16.5. The van der Waals surface area contributed by atoms with Gasteiger partial charge in [-0.05, 0) is 30.3 Å². The van der Waals surface area contributed by atoms with Gasteiger partial charge in [-0.15, -0.1) is 0 Å². The molecule has 1 fully saturated rings. The van der Waals surface area contributed by atoms with Gasteiger partial charge in [-0.2, -0.15) is 4.98 Å². The zero-order valence-corrected chi connectivity index (χ0v) is 14.6. The molecule has 0 radical (unpaired) electrons. The maximum absolute atomic E-state index is 12.8. The van der Waals surface area contributed by atoms with Gasteiger partial charge in [0.05, 0.1) is 25.2 Å². The smallest absolute Gasteiger partial charge is 0.258 e. The Labute approximate surface area is 155 Å². The molecule has 136 valence electrons. The number of carbonyl (C=O) groups excluding carboxylic acids is 1. The lowest BCUT2D eigenvalue weighted by Crippen LogP contribution is -2.46. The van der Waals surface area contributed by atoms with Gasteiger partial charge in [-0.25, -0.2) is 0 Å². The first-order chi connectivity index (χ1) is 13.2. The standard InChI is InChI=1S/C20H17N3O4/c24-16-12-20(5-9-25-10-6-20)26-17-2-1-14(11-15(16)17)19-22-18(23-27-19)13-3-7-21-8-4-13/h1-4,7-8,11H,5-6,9-10,12H2. The Kier molecular flexibility index (Phi) is 3.75. The van der Waals surface area contributed by atoms with E-state index in [4.69, 9.17) is 14.0 Å². The molecule has 0 saturated carbocycles. The monoisotopic (exact) mass is 363 g/mol. The summed E-state index contributed by atoms with van der Waals surface area (Å²) in [5.74, 6) is 1.54. The Morgan fingerprint density at radius 2 is 1.81 bits per heavy atom. The van der Waals surface area contributed by atoms with E-state index in [2.05, 4.69) is 15.1 Å². The normalized spacial score (nSPS) is 18.1. The summed E-state index contributed by atoms with van der Waals surface area (Å²) in [6.07, 6.45) is 5.19. The van der Waals surface area contributed by atoms with Crippen LogP contribution >= 0.6 is 0 Å². The minimum Gasteiger partial charge on any atom is -0.486 e. The number of carbonyl (C=O) groups is 1. The summed E-state index contributed by atoms with van der Waals surface area (Å²) in [6.45, 7) is 1.25. The highest BCUT2D eigenvalue weighted by Crippen LogP contribution is 2.40. The van der Waals surface area contributed by atoms with Gasteiger partial charge in [0.25, 0.3) is 5.89 Å². The highest BCUT2D eigenvalue weighted by molar-refractivity contribution is 6.01. The van der Waals surface area contributed by atoms with Crippen molar-refractivity contribution < 1.29 is 18.8 Å². The van der Waals surface area contributed by atoms with Gasteiger partial charge in [0.1, 0.15) is 11.4 Å². The fourth-order valence-corrected chi connectivity index (χ4v) is 3.61. The van der Waals surface area contributed by atoms with E-state index in [1.807, 2.05) is 24.3 Å². The van der Waals surface area contributed by atoms with Gasteiger partial charge in [-0.3, -0.25) is 9.78 Å². The molecular weight excluding hydrogens is 346 g/mol. The van der Waals surface area contributed by atoms with Crippen LogP contribution in [0, 0.1) is 0 Å². The molecule has 5 rings (SSSR count). The number of hydrogen-bond acceptors (Lipinski definition) is 7. The molecule has 1 aromatic carbocycles. The van der Waals surface area contributed by atoms with Crippen molar-refractivity contribution in [2.45, 2.75) is 24.9 Å². The predicted octanol–water partition coefficient (Wildman–Crippen LogP) is 3.31. The Morgan fingerprint density at radius 1 is 1.00 bits per heavy atom. The number of rotatable bonds is 2. The van der Waals surface area contributed by atoms with E-state index in [0.29, 0.717) is 48.2 Å². The summed E-state index contributed by atoms with van der Waals surface area (Å²) in [6, 6.07) is 9.05. The molecule has 4 heterocycles. The molecule has 0 atom stereocenters. The summed E-state index contributed by atoms with van der Waals surface area (Å²) in [5, 5.41) is 4.02. The van der Waals surface area contributed by atoms with E-state index in [1.54, 1.807) is 18.5 Å². The fraction of sp³-hybridized carbons (Fsp3) is 0.300. The number of benzene rings is 1. The van der Waals surface area contributed by atoms with Crippen LogP contribution in [-0.2, 0) is 4.74 Å². The van der Waals surface area contributed by atoms with Crippen LogP contribution in [0.3, 0.4) is 0 Å². The fourth-order valence-electron chi connectivity index (χ4n) is 3.61. The van der Waals surface area contributed by atoms with Crippen LogP contribution in [0.1, 0.15) is 29.6 Å². The molecule has 1 saturated heterocycles. The van der Waals surface area contributed by atoms with Crippen LogP contribution in [0.25, 0.3) is 22.8 Å². The van der Waals surface area contributed by atoms with Crippen LogP contribution < -0.4 is 4.74 Å². The molecule has 0 bridgehead atoms. The SMILES string of the molecule is O=C1CC2(CCOCC2)Oc2ccc(-c3nc(-c4ccncc4)no3)cc21. The summed E-state index contributed by atoms with van der Waals surface area (Å²) >= 11 is 0. The Bertz CT molecular complexity index is 993. The van der Waals surface area contributed by atoms with E-state index in [0.717, 1.165) is 18.4 Å². The third-order valence-electron chi connectivity index (χ3n) is 5.10. The predicted molar refractivity (Wildman–Crippen MR) is 95.3 cm³/mol. The average Bonchev–Trinajstić information content (AvgIpc) is 3.19. The van der Waals surface area contributed by atoms with Crippen molar-refractivity contribution in [1.82, 2.24) is 15.1 Å². The second-order valence-electron chi connectivity index (χ2n) is 6.87. The number of aromatic nitrogens is 3. The Balaban J connectivity index is 1.46. The largest absolute Gasteiger partial charge is 0.486 e. The summed E-state index contributed by atoms with van der Waals surface area (Å²) < 4.78 is 17.0. The van der Waals surface area contributed by atoms with Crippen LogP contribution in [-0.4, -0.2) is 39.7 Å². The van der Waals surface area contributed by atoms with Crippen LogP contribution in [0.5, 0.6) is 5.75 Å². The number of ether oxygens (including phenoxy) is 2. The third kappa shape index (κ3) is 2.90. The van der Waals surface area contributed by atoms with Crippen molar-refractivity contribution in [3.05, 3.63) is 48.3 Å². The van der Waals surface area contributed by atoms with E-state index in [-0.39, 0.29) is 5.78 Å². The summed E-state index contributed by atoms with van der Waals surface area (Å²) in [7, 11) is 0. The van der Waals surface area contributed by atoms with Gasteiger partial charge in [0.2, 0.25) is 5.82 Å². The Hall–Kier alpha value is -3.06. The van der Waals surface area contributed by atoms with Crippen LogP contribution in [0.2, 0.25) is 0 Å². The number of nitrogens with zero attached hydrogens (tertiary/aromatic N) is 3. The number of hydrogen-bond donors (Lipinski definition) is 0. The molecule has 0 aliphatic carbocycles. The summed E-state index contributed by atoms with van der Waals surface area (Å²) in [4.78, 5) is 21.2. The third-order valence-corrected chi connectivity index (χ3v) is 5.10. The zero-order chi connectivity index (χ0) is 18.3. The highest BCUT2D eigenvalue weighted by Gasteiger charge is 2.42. The van der Waals surface area contributed by atoms with Gasteiger partial charge >= 0.3 is 0 Å². The van der Waals surface area contributed by atoms with Crippen molar-refractivity contribution in [1.29, 1.82) is 0 Å². The van der Waals surface area contributed by atoms with E-state index in [1.165, 1.54) is 0 Å². The zero-order valence-electron chi connectivity index (χ0n) is 14.6. The number of Topliss-reactive ketones (excluding diaryl/α,β-unsaturated/α-hetero) is 1. The molecule has 1 spiro atoms. The minimum absolute atomic E-state index is 0.0777. The maximum atomic E-state index is 12.8. The maximum Gasteiger partial charge on any atom is 0.258 e. The second kappa shape index (κ2) is 6.28. The number of fused-ring (bicyclic) bond motifs is 1. The van der Waals surface area contributed by atoms with Gasteiger partial charge in [0, 0.05) is 36.4 Å². The van der Waals surface area contributed by atoms with Crippen LogP contribution in [0.4, 0.5) is 0 Å². The molecule has 2 aromatic heterocycles. The molecular formula is C20H17N3O4. The topological polar surface area (TPSA) is 87.3 Å².